The second-order valence-electron chi connectivity index (χ2n) is 3.69. The summed E-state index contributed by atoms with van der Waals surface area (Å²) in [6.45, 7) is 1.63. The highest BCUT2D eigenvalue weighted by atomic mass is 32.1. The summed E-state index contributed by atoms with van der Waals surface area (Å²) < 4.78 is 3.68. The van der Waals surface area contributed by atoms with E-state index < -0.39 is 0 Å². The average Bonchev–Trinajstić information content (AvgIpc) is 2.53. The van der Waals surface area contributed by atoms with Gasteiger partial charge in [-0.25, -0.2) is 0 Å². The van der Waals surface area contributed by atoms with E-state index in [0.29, 0.717) is 10.7 Å². The predicted molar refractivity (Wildman–Crippen MR) is 58.7 cm³/mol. The van der Waals surface area contributed by atoms with Crippen molar-refractivity contribution in [2.24, 2.45) is 0 Å². The van der Waals surface area contributed by atoms with E-state index in [4.69, 9.17) is 5.73 Å². The Hall–Kier alpha value is -1.17. The molecule has 1 amide bonds. The second-order valence-corrected chi connectivity index (χ2v) is 4.48. The van der Waals surface area contributed by atoms with Gasteiger partial charge in [0.05, 0.1) is 0 Å². The van der Waals surface area contributed by atoms with Gasteiger partial charge in [-0.2, -0.15) is 0 Å². The second kappa shape index (κ2) is 4.57. The lowest BCUT2D eigenvalue weighted by molar-refractivity contribution is 0.0757. The monoisotopic (exact) mass is 226 g/mol. The summed E-state index contributed by atoms with van der Waals surface area (Å²) in [6.07, 6.45) is 4.55. The zero-order valence-corrected chi connectivity index (χ0v) is 9.29. The van der Waals surface area contributed by atoms with Crippen LogP contribution in [-0.4, -0.2) is 33.5 Å². The molecule has 1 aliphatic heterocycles. The molecule has 5 nitrogen and oxygen atoms in total. The third-order valence-electron chi connectivity index (χ3n) is 2.61. The van der Waals surface area contributed by atoms with E-state index >= 15 is 0 Å². The number of nitrogens with two attached hydrogens (primary N) is 1. The molecular formula is C9H14N4OS. The van der Waals surface area contributed by atoms with Crippen LogP contribution in [0, 0.1) is 0 Å². The summed E-state index contributed by atoms with van der Waals surface area (Å²) >= 11 is 1.07. The minimum absolute atomic E-state index is 0.0665. The van der Waals surface area contributed by atoms with Crippen LogP contribution in [0.5, 0.6) is 0 Å². The fraction of sp³-hybridized carbons (Fsp3) is 0.667. The quantitative estimate of drug-likeness (QED) is 0.779. The molecule has 0 aromatic carbocycles. The summed E-state index contributed by atoms with van der Waals surface area (Å²) in [5, 5.41) is 4.19. The van der Waals surface area contributed by atoms with Crippen LogP contribution < -0.4 is 5.73 Å². The molecule has 0 atom stereocenters. The van der Waals surface area contributed by atoms with E-state index in [1.54, 1.807) is 0 Å². The highest BCUT2D eigenvalue weighted by molar-refractivity contribution is 7.10. The van der Waals surface area contributed by atoms with Crippen LogP contribution in [0.3, 0.4) is 0 Å². The van der Waals surface area contributed by atoms with E-state index in [2.05, 4.69) is 9.59 Å². The van der Waals surface area contributed by atoms with Crippen molar-refractivity contribution in [1.29, 1.82) is 0 Å². The molecule has 0 spiro atoms. The molecule has 15 heavy (non-hydrogen) atoms. The fourth-order valence-corrected chi connectivity index (χ4v) is 2.19. The molecule has 0 radical (unpaired) electrons. The predicted octanol–water partition coefficient (Wildman–Crippen LogP) is 1.14. The van der Waals surface area contributed by atoms with Crippen molar-refractivity contribution in [1.82, 2.24) is 14.5 Å². The number of nitrogens with zero attached hydrogens (tertiary/aromatic N) is 3. The van der Waals surface area contributed by atoms with Crippen LogP contribution in [0.2, 0.25) is 0 Å². The van der Waals surface area contributed by atoms with Crippen molar-refractivity contribution < 1.29 is 4.79 Å². The van der Waals surface area contributed by atoms with E-state index in [1.807, 2.05) is 4.90 Å². The van der Waals surface area contributed by atoms with Crippen LogP contribution in [0.25, 0.3) is 0 Å². The third-order valence-corrected chi connectivity index (χ3v) is 3.16. The van der Waals surface area contributed by atoms with Crippen molar-refractivity contribution in [3.63, 3.8) is 0 Å². The number of anilines is 1. The van der Waals surface area contributed by atoms with Crippen LogP contribution in [-0.2, 0) is 0 Å². The zero-order chi connectivity index (χ0) is 10.7. The van der Waals surface area contributed by atoms with Crippen molar-refractivity contribution >= 4 is 22.4 Å². The summed E-state index contributed by atoms with van der Waals surface area (Å²) in [6, 6.07) is 0. The first-order valence-electron chi connectivity index (χ1n) is 5.16. The van der Waals surface area contributed by atoms with Gasteiger partial charge >= 0.3 is 0 Å². The number of rotatable bonds is 1. The van der Waals surface area contributed by atoms with Crippen molar-refractivity contribution in [3.05, 3.63) is 5.69 Å². The zero-order valence-electron chi connectivity index (χ0n) is 8.48. The van der Waals surface area contributed by atoms with Gasteiger partial charge in [0.25, 0.3) is 5.91 Å². The van der Waals surface area contributed by atoms with Crippen molar-refractivity contribution in [2.75, 3.05) is 18.8 Å². The first-order chi connectivity index (χ1) is 7.29. The fourth-order valence-electron chi connectivity index (χ4n) is 1.77. The van der Waals surface area contributed by atoms with Crippen LogP contribution in [0.4, 0.5) is 5.00 Å². The maximum atomic E-state index is 12.0. The molecule has 1 fully saturated rings. The SMILES string of the molecule is Nc1snnc1C(=O)N1CCCCCC1. The van der Waals surface area contributed by atoms with Gasteiger partial charge in [0.15, 0.2) is 5.69 Å². The van der Waals surface area contributed by atoms with Crippen molar-refractivity contribution in [3.8, 4) is 0 Å². The Bertz CT molecular complexity index is 344. The summed E-state index contributed by atoms with van der Waals surface area (Å²) in [7, 11) is 0. The number of hydrogen-bond acceptors (Lipinski definition) is 5. The molecule has 2 rings (SSSR count). The average molecular weight is 226 g/mol. The number of amides is 1. The van der Waals surface area contributed by atoms with Gasteiger partial charge in [-0.05, 0) is 12.8 Å². The third kappa shape index (κ3) is 2.26. The maximum absolute atomic E-state index is 12.0. The highest BCUT2D eigenvalue weighted by Gasteiger charge is 2.21. The Kier molecular flexibility index (Phi) is 3.15. The van der Waals surface area contributed by atoms with Gasteiger partial charge in [0, 0.05) is 24.6 Å². The summed E-state index contributed by atoms with van der Waals surface area (Å²) in [5.74, 6) is -0.0665. The lowest BCUT2D eigenvalue weighted by atomic mass is 10.2. The number of likely N-dealkylation sites (tertiary alicyclic amines) is 1. The number of aromatic nitrogens is 2. The molecule has 1 aliphatic rings. The normalized spacial score (nSPS) is 17.5. The number of nitrogen functional groups attached to an aromatic ring is 1. The molecule has 1 aromatic heterocycles. The standard InChI is InChI=1S/C9H14N4OS/c10-8-7(11-12-15-8)9(14)13-5-3-1-2-4-6-13/h1-6,10H2. The Morgan fingerprint density at radius 1 is 1.27 bits per heavy atom. The minimum Gasteiger partial charge on any atom is -0.387 e. The Labute approximate surface area is 92.4 Å². The number of carbonyl (C=O) groups is 1. The number of carbonyl (C=O) groups excluding carboxylic acids is 1. The molecular weight excluding hydrogens is 212 g/mol. The van der Waals surface area contributed by atoms with Crippen LogP contribution >= 0.6 is 11.5 Å². The van der Waals surface area contributed by atoms with E-state index in [-0.39, 0.29) is 5.91 Å². The van der Waals surface area contributed by atoms with Crippen LogP contribution in [0.1, 0.15) is 36.2 Å². The Morgan fingerprint density at radius 3 is 2.47 bits per heavy atom. The van der Waals surface area contributed by atoms with Gasteiger partial charge in [-0.1, -0.05) is 17.3 Å². The topological polar surface area (TPSA) is 72.1 Å². The molecule has 6 heteroatoms. The molecule has 0 saturated carbocycles. The Morgan fingerprint density at radius 2 is 1.93 bits per heavy atom. The lowest BCUT2D eigenvalue weighted by Crippen LogP contribution is -2.32. The molecule has 0 aliphatic carbocycles. The van der Waals surface area contributed by atoms with E-state index in [1.165, 1.54) is 12.8 Å². The molecule has 0 bridgehead atoms. The first kappa shape index (κ1) is 10.4. The molecule has 82 valence electrons. The van der Waals surface area contributed by atoms with Gasteiger partial charge in [-0.15, -0.1) is 5.10 Å². The lowest BCUT2D eigenvalue weighted by Gasteiger charge is -2.18. The number of hydrogen-bond donors (Lipinski definition) is 1. The molecule has 1 saturated heterocycles. The molecule has 2 N–H and O–H groups in total. The molecule has 0 unspecified atom stereocenters. The minimum atomic E-state index is -0.0665. The summed E-state index contributed by atoms with van der Waals surface area (Å²) in [5.41, 5.74) is 5.95. The first-order valence-corrected chi connectivity index (χ1v) is 5.93. The van der Waals surface area contributed by atoms with E-state index in [0.717, 1.165) is 37.5 Å². The smallest absolute Gasteiger partial charge is 0.277 e. The van der Waals surface area contributed by atoms with Gasteiger partial charge in [0.1, 0.15) is 5.00 Å². The van der Waals surface area contributed by atoms with Crippen molar-refractivity contribution in [2.45, 2.75) is 25.7 Å². The van der Waals surface area contributed by atoms with Crippen LogP contribution in [0.15, 0.2) is 0 Å². The van der Waals surface area contributed by atoms with Gasteiger partial charge in [0.2, 0.25) is 0 Å². The largest absolute Gasteiger partial charge is 0.387 e. The van der Waals surface area contributed by atoms with Gasteiger partial charge < -0.3 is 10.6 Å². The maximum Gasteiger partial charge on any atom is 0.277 e. The Balaban J connectivity index is 2.09. The summed E-state index contributed by atoms with van der Waals surface area (Å²) in [4.78, 5) is 13.8. The molecule has 2 heterocycles. The van der Waals surface area contributed by atoms with E-state index in [9.17, 15) is 4.79 Å². The molecule has 1 aromatic rings. The highest BCUT2D eigenvalue weighted by Crippen LogP contribution is 2.17. The van der Waals surface area contributed by atoms with Gasteiger partial charge in [-0.3, -0.25) is 4.79 Å².